The molecule has 0 spiro atoms. The van der Waals surface area contributed by atoms with Crippen LogP contribution in [0, 0.1) is 40.4 Å². The Morgan fingerprint density at radius 2 is 1.65 bits per heavy atom. The molecule has 0 unspecified atom stereocenters. The summed E-state index contributed by atoms with van der Waals surface area (Å²) in [6.45, 7) is -1.16. The Morgan fingerprint density at radius 1 is 1.03 bits per heavy atom. The number of carbonyl (C=O) groups excluding carboxylic acids is 2. The fourth-order valence-electron chi connectivity index (χ4n) is 2.41. The lowest BCUT2D eigenvalue weighted by Gasteiger charge is -2.10. The van der Waals surface area contributed by atoms with Crippen LogP contribution in [0.5, 0.6) is 11.5 Å². The highest BCUT2D eigenvalue weighted by atomic mass is 19.2. The van der Waals surface area contributed by atoms with Crippen LogP contribution in [-0.2, 0) is 14.3 Å². The summed E-state index contributed by atoms with van der Waals surface area (Å²) < 4.78 is 81.3. The van der Waals surface area contributed by atoms with Crippen LogP contribution in [0.25, 0.3) is 6.08 Å². The Balaban J connectivity index is 1.67. The molecule has 0 saturated heterocycles. The zero-order valence-electron chi connectivity index (χ0n) is 15.1. The van der Waals surface area contributed by atoms with Crippen LogP contribution >= 0.6 is 0 Å². The van der Waals surface area contributed by atoms with E-state index in [0.717, 1.165) is 6.08 Å². The van der Waals surface area contributed by atoms with Crippen molar-refractivity contribution in [2.45, 2.75) is 0 Å². The second-order valence-corrected chi connectivity index (χ2v) is 5.85. The quantitative estimate of drug-likeness (QED) is 0.192. The van der Waals surface area contributed by atoms with E-state index in [1.807, 2.05) is 0 Å². The lowest BCUT2D eigenvalue weighted by molar-refractivity contribution is -0.142. The Labute approximate surface area is 170 Å². The summed E-state index contributed by atoms with van der Waals surface area (Å²) in [6, 6.07) is 6.07. The molecule has 1 amide bonds. The molecule has 2 aromatic rings. The van der Waals surface area contributed by atoms with Crippen molar-refractivity contribution in [3.63, 3.8) is 0 Å². The first kappa shape index (κ1) is 21.6. The first-order valence-electron chi connectivity index (χ1n) is 8.22. The van der Waals surface area contributed by atoms with Crippen molar-refractivity contribution < 1.29 is 45.8 Å². The molecule has 3 rings (SSSR count). The minimum atomic E-state index is -2.40. The SMILES string of the molecule is N#C/C(=C/c1ccc2c(c1)OCO2)C(=O)OCC(=O)Nc1c(F)c(F)c(F)c(F)c1F. The fourth-order valence-corrected chi connectivity index (χ4v) is 2.41. The Morgan fingerprint density at radius 3 is 2.29 bits per heavy atom. The van der Waals surface area contributed by atoms with Crippen molar-refractivity contribution in [3.05, 3.63) is 58.4 Å². The van der Waals surface area contributed by atoms with Gasteiger partial charge in [0.1, 0.15) is 17.3 Å². The highest BCUT2D eigenvalue weighted by Crippen LogP contribution is 2.33. The number of rotatable bonds is 5. The topological polar surface area (TPSA) is 97.7 Å². The number of hydrogen-bond donors (Lipinski definition) is 1. The minimum absolute atomic E-state index is 0.00774. The molecule has 31 heavy (non-hydrogen) atoms. The molecule has 7 nitrogen and oxygen atoms in total. The molecule has 0 radical (unpaired) electrons. The standard InChI is InChI=1S/C19H9F5N2O5/c20-13-14(21)16(23)18(17(24)15(13)22)26-12(27)6-29-19(28)9(5-25)3-8-1-2-10-11(4-8)31-7-30-10/h1-4H,6-7H2,(H,26,27)/b9-3-. The van der Waals surface area contributed by atoms with Crippen molar-refractivity contribution in [2.75, 3.05) is 18.7 Å². The Hall–Kier alpha value is -4.14. The third-order valence-electron chi connectivity index (χ3n) is 3.86. The molecule has 160 valence electrons. The summed E-state index contributed by atoms with van der Waals surface area (Å²) in [5.41, 5.74) is -1.78. The third-order valence-corrected chi connectivity index (χ3v) is 3.86. The molecule has 12 heteroatoms. The van der Waals surface area contributed by atoms with Gasteiger partial charge in [-0.1, -0.05) is 6.07 Å². The number of nitriles is 1. The largest absolute Gasteiger partial charge is 0.454 e. The van der Waals surface area contributed by atoms with Gasteiger partial charge < -0.3 is 19.5 Å². The number of hydrogen-bond acceptors (Lipinski definition) is 6. The highest BCUT2D eigenvalue weighted by molar-refractivity contribution is 6.00. The van der Waals surface area contributed by atoms with Gasteiger partial charge >= 0.3 is 5.97 Å². The second-order valence-electron chi connectivity index (χ2n) is 5.85. The van der Waals surface area contributed by atoms with Gasteiger partial charge in [-0.3, -0.25) is 4.79 Å². The molecule has 0 bridgehead atoms. The van der Waals surface area contributed by atoms with Crippen LogP contribution in [0.3, 0.4) is 0 Å². The van der Waals surface area contributed by atoms with Gasteiger partial charge in [-0.2, -0.15) is 5.26 Å². The van der Waals surface area contributed by atoms with Crippen molar-refractivity contribution in [1.29, 1.82) is 5.26 Å². The van der Waals surface area contributed by atoms with Crippen LogP contribution in [-0.4, -0.2) is 25.3 Å². The second kappa shape index (κ2) is 8.70. The zero-order valence-corrected chi connectivity index (χ0v) is 15.1. The first-order valence-corrected chi connectivity index (χ1v) is 8.22. The predicted octanol–water partition coefficient (Wildman–Crippen LogP) is 3.20. The van der Waals surface area contributed by atoms with Gasteiger partial charge in [0.2, 0.25) is 12.6 Å². The average Bonchev–Trinajstić information content (AvgIpc) is 3.23. The fraction of sp³-hybridized carbons (Fsp3) is 0.105. The van der Waals surface area contributed by atoms with E-state index in [9.17, 15) is 31.5 Å². The lowest BCUT2D eigenvalue weighted by atomic mass is 10.1. The van der Waals surface area contributed by atoms with Crippen molar-refractivity contribution in [1.82, 2.24) is 0 Å². The molecule has 1 N–H and O–H groups in total. The van der Waals surface area contributed by atoms with Gasteiger partial charge in [-0.05, 0) is 23.8 Å². The maximum atomic E-state index is 13.6. The molecule has 0 atom stereocenters. The summed E-state index contributed by atoms with van der Waals surface area (Å²) in [6.07, 6.45) is 1.12. The van der Waals surface area contributed by atoms with E-state index in [4.69, 9.17) is 14.7 Å². The number of nitrogens with one attached hydrogen (secondary N) is 1. The number of amides is 1. The number of anilines is 1. The van der Waals surface area contributed by atoms with E-state index in [1.54, 1.807) is 6.07 Å². The van der Waals surface area contributed by atoms with E-state index in [0.29, 0.717) is 17.1 Å². The lowest BCUT2D eigenvalue weighted by Crippen LogP contribution is -2.23. The summed E-state index contributed by atoms with van der Waals surface area (Å²) in [5.74, 6) is -13.3. The number of fused-ring (bicyclic) bond motifs is 1. The monoisotopic (exact) mass is 440 g/mol. The summed E-state index contributed by atoms with van der Waals surface area (Å²) in [4.78, 5) is 23.7. The number of carbonyl (C=O) groups is 2. The van der Waals surface area contributed by atoms with Crippen LogP contribution in [0.4, 0.5) is 27.6 Å². The normalized spacial score (nSPS) is 12.3. The number of nitrogens with zero attached hydrogens (tertiary/aromatic N) is 1. The molecule has 0 aromatic heterocycles. The van der Waals surface area contributed by atoms with Gasteiger partial charge in [-0.15, -0.1) is 0 Å². The van der Waals surface area contributed by atoms with E-state index in [1.165, 1.54) is 23.5 Å². The van der Waals surface area contributed by atoms with Crippen molar-refractivity contribution in [2.24, 2.45) is 0 Å². The molecular weight excluding hydrogens is 431 g/mol. The molecule has 0 saturated carbocycles. The Kier molecular flexibility index (Phi) is 6.05. The number of halogens is 5. The molecular formula is C19H9F5N2O5. The first-order chi connectivity index (χ1) is 14.7. The van der Waals surface area contributed by atoms with Gasteiger partial charge in [0.15, 0.2) is 41.4 Å². The number of benzene rings is 2. The van der Waals surface area contributed by atoms with Gasteiger partial charge in [0.05, 0.1) is 0 Å². The summed E-state index contributed by atoms with van der Waals surface area (Å²) in [7, 11) is 0. The highest BCUT2D eigenvalue weighted by Gasteiger charge is 2.27. The van der Waals surface area contributed by atoms with E-state index in [2.05, 4.69) is 4.74 Å². The number of esters is 1. The van der Waals surface area contributed by atoms with Crippen molar-refractivity contribution in [3.8, 4) is 17.6 Å². The van der Waals surface area contributed by atoms with E-state index < -0.39 is 58.8 Å². The molecule has 1 heterocycles. The molecule has 0 aliphatic carbocycles. The van der Waals surface area contributed by atoms with E-state index >= 15 is 0 Å². The minimum Gasteiger partial charge on any atom is -0.454 e. The van der Waals surface area contributed by atoms with Crippen molar-refractivity contribution >= 4 is 23.6 Å². The van der Waals surface area contributed by atoms with Crippen LogP contribution in [0.1, 0.15) is 5.56 Å². The zero-order chi connectivity index (χ0) is 22.7. The van der Waals surface area contributed by atoms with Gasteiger partial charge in [0, 0.05) is 0 Å². The van der Waals surface area contributed by atoms with Crippen LogP contribution in [0.15, 0.2) is 23.8 Å². The van der Waals surface area contributed by atoms with Gasteiger partial charge in [-0.25, -0.2) is 26.7 Å². The molecule has 1 aliphatic heterocycles. The number of ether oxygens (including phenoxy) is 3. The molecule has 0 fully saturated rings. The Bertz CT molecular complexity index is 1130. The molecule has 1 aliphatic rings. The predicted molar refractivity (Wildman–Crippen MR) is 92.0 cm³/mol. The maximum Gasteiger partial charge on any atom is 0.349 e. The average molecular weight is 440 g/mol. The van der Waals surface area contributed by atoms with Gasteiger partial charge in [0.25, 0.3) is 5.91 Å². The summed E-state index contributed by atoms with van der Waals surface area (Å²) in [5, 5.41) is 10.5. The maximum absolute atomic E-state index is 13.6. The third kappa shape index (κ3) is 4.40. The van der Waals surface area contributed by atoms with Crippen LogP contribution in [0.2, 0.25) is 0 Å². The molecule has 2 aromatic carbocycles. The summed E-state index contributed by atoms with van der Waals surface area (Å²) >= 11 is 0. The van der Waals surface area contributed by atoms with Crippen LogP contribution < -0.4 is 14.8 Å². The van der Waals surface area contributed by atoms with E-state index in [-0.39, 0.29) is 6.79 Å². The smallest absolute Gasteiger partial charge is 0.349 e.